The van der Waals surface area contributed by atoms with E-state index < -0.39 is 7.59 Å². The highest BCUT2D eigenvalue weighted by Gasteiger charge is 2.37. The largest absolute Gasteiger partial charge is 0.300 e. The van der Waals surface area contributed by atoms with Gasteiger partial charge in [-0.05, 0) is 6.42 Å². The molecule has 0 bridgehead atoms. The summed E-state index contributed by atoms with van der Waals surface area (Å²) >= 11 is 0. The number of carbonyl (C=O) groups is 5. The molecular formula is C25H46N3O6P. The van der Waals surface area contributed by atoms with Crippen LogP contribution < -0.4 is 5.09 Å². The number of nitrogens with zero attached hydrogens (tertiary/aromatic N) is 2. The van der Waals surface area contributed by atoms with Gasteiger partial charge in [0.25, 0.3) is 7.59 Å². The van der Waals surface area contributed by atoms with E-state index in [1.54, 1.807) is 37.0 Å². The quantitative estimate of drug-likeness (QED) is 0.200. The Hall–Kier alpha value is -1.54. The van der Waals surface area contributed by atoms with Crippen molar-refractivity contribution < 1.29 is 28.5 Å². The monoisotopic (exact) mass is 515 g/mol. The molecule has 10 heteroatoms. The Labute approximate surface area is 211 Å². The van der Waals surface area contributed by atoms with Crippen molar-refractivity contribution >= 4 is 36.5 Å². The highest BCUT2D eigenvalue weighted by molar-refractivity contribution is 7.57. The first-order valence-electron chi connectivity index (χ1n) is 13.0. The van der Waals surface area contributed by atoms with Crippen LogP contribution in [0.4, 0.5) is 0 Å². The van der Waals surface area contributed by atoms with E-state index in [2.05, 4.69) is 5.09 Å². The smallest absolute Gasteiger partial charge is 0.284 e. The van der Waals surface area contributed by atoms with E-state index in [9.17, 15) is 28.5 Å². The number of nitrogens with one attached hydrogen (secondary N) is 1. The Morgan fingerprint density at radius 1 is 0.543 bits per heavy atom. The summed E-state index contributed by atoms with van der Waals surface area (Å²) in [5.41, 5.74) is 0. The van der Waals surface area contributed by atoms with Crippen LogP contribution in [0.5, 0.6) is 0 Å². The Morgan fingerprint density at radius 3 is 1.11 bits per heavy atom. The maximum absolute atomic E-state index is 14.7. The molecule has 35 heavy (non-hydrogen) atoms. The van der Waals surface area contributed by atoms with Crippen LogP contribution in [0.3, 0.4) is 0 Å². The standard InChI is InChI=1S/C25H46N3O6P/c1-6-11-25(33)20-26-35(34,27(16-12-21(29)7-2)17-13-22(30)8-3)28(18-14-23(31)9-4)19-15-24(32)10-5/h6-20H2,1-5H3,(H,26,34). The molecule has 9 nitrogen and oxygen atoms in total. The molecule has 0 fully saturated rings. The fourth-order valence-corrected chi connectivity index (χ4v) is 6.05. The predicted octanol–water partition coefficient (Wildman–Crippen LogP) is 4.13. The highest BCUT2D eigenvalue weighted by Crippen LogP contribution is 2.49. The molecule has 0 aromatic rings. The van der Waals surface area contributed by atoms with Gasteiger partial charge in [-0.25, -0.2) is 14.4 Å². The van der Waals surface area contributed by atoms with E-state index in [0.717, 1.165) is 0 Å². The summed E-state index contributed by atoms with van der Waals surface area (Å²) in [7, 11) is -3.70. The molecular weight excluding hydrogens is 469 g/mol. The molecule has 0 radical (unpaired) electrons. The Kier molecular flexibility index (Phi) is 17.9. The highest BCUT2D eigenvalue weighted by atomic mass is 31.2. The third kappa shape index (κ3) is 13.4. The lowest BCUT2D eigenvalue weighted by Gasteiger charge is -2.39. The van der Waals surface area contributed by atoms with Crippen molar-refractivity contribution in [1.82, 2.24) is 14.4 Å². The van der Waals surface area contributed by atoms with E-state index in [0.29, 0.717) is 38.5 Å². The van der Waals surface area contributed by atoms with Crippen molar-refractivity contribution in [3.05, 3.63) is 0 Å². The van der Waals surface area contributed by atoms with E-state index in [1.807, 2.05) is 6.92 Å². The topological polar surface area (TPSA) is 121 Å². The molecule has 0 aliphatic rings. The lowest BCUT2D eigenvalue weighted by atomic mass is 10.2. The second-order valence-corrected chi connectivity index (χ2v) is 11.2. The molecule has 0 amide bonds. The molecule has 0 aliphatic carbocycles. The van der Waals surface area contributed by atoms with Crippen LogP contribution in [-0.4, -0.2) is 71.0 Å². The summed E-state index contributed by atoms with van der Waals surface area (Å²) in [5.74, 6) is -0.103. The minimum atomic E-state index is -3.70. The fraction of sp³-hybridized carbons (Fsp3) is 0.800. The molecule has 0 saturated heterocycles. The predicted molar refractivity (Wildman–Crippen MR) is 138 cm³/mol. The molecule has 0 atom stereocenters. The molecule has 1 N–H and O–H groups in total. The van der Waals surface area contributed by atoms with Crippen molar-refractivity contribution in [2.45, 2.75) is 98.8 Å². The van der Waals surface area contributed by atoms with Crippen LogP contribution in [0.25, 0.3) is 0 Å². The van der Waals surface area contributed by atoms with Crippen LogP contribution in [0.2, 0.25) is 0 Å². The molecule has 0 heterocycles. The number of carbonyl (C=O) groups excluding carboxylic acids is 5. The number of ketones is 5. The molecule has 0 aromatic heterocycles. The average molecular weight is 516 g/mol. The van der Waals surface area contributed by atoms with Crippen molar-refractivity contribution in [3.63, 3.8) is 0 Å². The average Bonchev–Trinajstić information content (AvgIpc) is 2.86. The molecule has 0 aliphatic heterocycles. The van der Waals surface area contributed by atoms with Gasteiger partial charge in [-0.2, -0.15) is 0 Å². The summed E-state index contributed by atoms with van der Waals surface area (Å²) in [6.07, 6.45) is 2.97. The van der Waals surface area contributed by atoms with Crippen molar-refractivity contribution in [3.8, 4) is 0 Å². The fourth-order valence-electron chi connectivity index (χ4n) is 3.43. The molecule has 0 unspecified atom stereocenters. The molecule has 0 spiro atoms. The summed E-state index contributed by atoms with van der Waals surface area (Å²) in [6, 6.07) is 0. The Balaban J connectivity index is 6.24. The van der Waals surface area contributed by atoms with Crippen molar-refractivity contribution in [1.29, 1.82) is 0 Å². The van der Waals surface area contributed by atoms with E-state index in [-0.39, 0.29) is 87.3 Å². The Bertz CT molecular complexity index is 667. The van der Waals surface area contributed by atoms with Gasteiger partial charge < -0.3 is 0 Å². The maximum atomic E-state index is 14.7. The van der Waals surface area contributed by atoms with E-state index in [1.165, 1.54) is 0 Å². The SMILES string of the molecule is CCCC(=O)CNP(=O)(N(CCC(=O)CC)CCC(=O)CC)N(CCC(=O)CC)CCC(=O)CC. The van der Waals surface area contributed by atoms with Gasteiger partial charge in [0.1, 0.15) is 28.9 Å². The van der Waals surface area contributed by atoms with Crippen LogP contribution in [0.15, 0.2) is 0 Å². The molecule has 0 rings (SSSR count). The zero-order valence-electron chi connectivity index (χ0n) is 22.4. The summed E-state index contributed by atoms with van der Waals surface area (Å²) in [4.78, 5) is 60.8. The van der Waals surface area contributed by atoms with E-state index >= 15 is 0 Å². The third-order valence-corrected chi connectivity index (χ3v) is 8.85. The summed E-state index contributed by atoms with van der Waals surface area (Å²) < 4.78 is 17.9. The van der Waals surface area contributed by atoms with Gasteiger partial charge in [0, 0.05) is 84.0 Å². The molecule has 0 saturated carbocycles. The summed E-state index contributed by atoms with van der Waals surface area (Å²) in [6.45, 7) is 9.38. The lowest BCUT2D eigenvalue weighted by Crippen LogP contribution is -2.43. The van der Waals surface area contributed by atoms with Crippen LogP contribution >= 0.6 is 7.59 Å². The van der Waals surface area contributed by atoms with Crippen molar-refractivity contribution in [2.24, 2.45) is 0 Å². The number of rotatable bonds is 23. The summed E-state index contributed by atoms with van der Waals surface area (Å²) in [5, 5.41) is 2.96. The second kappa shape index (κ2) is 18.7. The minimum absolute atomic E-state index is 0.000649. The molecule has 202 valence electrons. The van der Waals surface area contributed by atoms with Gasteiger partial charge in [-0.1, -0.05) is 34.6 Å². The first-order valence-corrected chi connectivity index (χ1v) is 14.6. The second-order valence-electron chi connectivity index (χ2n) is 8.64. The van der Waals surface area contributed by atoms with Gasteiger partial charge in [0.2, 0.25) is 0 Å². The molecule has 0 aromatic carbocycles. The lowest BCUT2D eigenvalue weighted by molar-refractivity contribution is -0.120. The zero-order chi connectivity index (χ0) is 26.9. The van der Waals surface area contributed by atoms with Gasteiger partial charge in [0.05, 0.1) is 6.54 Å². The third-order valence-electron chi connectivity index (χ3n) is 5.95. The van der Waals surface area contributed by atoms with Crippen LogP contribution in [0, 0.1) is 0 Å². The number of hydrogen-bond acceptors (Lipinski definition) is 6. The van der Waals surface area contributed by atoms with Gasteiger partial charge in [0.15, 0.2) is 0 Å². The van der Waals surface area contributed by atoms with E-state index in [4.69, 9.17) is 0 Å². The normalized spacial score (nSPS) is 11.7. The Morgan fingerprint density at radius 2 is 0.857 bits per heavy atom. The minimum Gasteiger partial charge on any atom is -0.300 e. The van der Waals surface area contributed by atoms with Gasteiger partial charge >= 0.3 is 0 Å². The first kappa shape index (κ1) is 33.5. The number of Topliss-reactive ketones (excluding diaryl/α,β-unsaturated/α-hetero) is 5. The van der Waals surface area contributed by atoms with Crippen molar-refractivity contribution in [2.75, 3.05) is 32.7 Å². The maximum Gasteiger partial charge on any atom is 0.284 e. The van der Waals surface area contributed by atoms with Gasteiger partial charge in [-0.3, -0.25) is 28.5 Å². The zero-order valence-corrected chi connectivity index (χ0v) is 23.3. The van der Waals surface area contributed by atoms with Crippen LogP contribution in [-0.2, 0) is 28.5 Å². The first-order chi connectivity index (χ1) is 16.6. The number of hydrogen-bond donors (Lipinski definition) is 1. The van der Waals surface area contributed by atoms with Gasteiger partial charge in [-0.15, -0.1) is 0 Å². The van der Waals surface area contributed by atoms with Crippen LogP contribution in [0.1, 0.15) is 98.8 Å².